The fourth-order valence-electron chi connectivity index (χ4n) is 1.97. The molecule has 6 heteroatoms. The average molecular weight is 235 g/mol. The summed E-state index contributed by atoms with van der Waals surface area (Å²) in [7, 11) is 0. The molecule has 0 bridgehead atoms. The first kappa shape index (κ1) is 11.9. The number of piperidine rings is 1. The van der Waals surface area contributed by atoms with Crippen molar-refractivity contribution in [2.75, 3.05) is 11.9 Å². The lowest BCUT2D eigenvalue weighted by atomic mass is 10.0. The summed E-state index contributed by atoms with van der Waals surface area (Å²) in [6, 6.07) is 0.476. The molecule has 0 saturated carbocycles. The number of amides is 1. The highest BCUT2D eigenvalue weighted by atomic mass is 16.1. The molecule has 0 aromatic carbocycles. The summed E-state index contributed by atoms with van der Waals surface area (Å²) < 4.78 is 0. The molecule has 1 aromatic rings. The molecule has 2 rings (SSSR count). The monoisotopic (exact) mass is 235 g/mol. The maximum atomic E-state index is 11.6. The van der Waals surface area contributed by atoms with E-state index < -0.39 is 0 Å². The number of carbonyl (C=O) groups is 1. The van der Waals surface area contributed by atoms with E-state index in [-0.39, 0.29) is 11.9 Å². The van der Waals surface area contributed by atoms with Crippen molar-refractivity contribution in [1.29, 1.82) is 0 Å². The zero-order valence-electron chi connectivity index (χ0n) is 9.72. The summed E-state index contributed by atoms with van der Waals surface area (Å²) in [6.07, 6.45) is 8.00. The molecule has 2 heterocycles. The number of rotatable bonds is 4. The fraction of sp³-hybridized carbons (Fsp3) is 0.636. The average Bonchev–Trinajstić information content (AvgIpc) is 2.39. The van der Waals surface area contributed by atoms with Gasteiger partial charge in [0.15, 0.2) is 0 Å². The van der Waals surface area contributed by atoms with Gasteiger partial charge in [0.25, 0.3) is 0 Å². The van der Waals surface area contributed by atoms with Gasteiger partial charge in [-0.25, -0.2) is 4.98 Å². The van der Waals surface area contributed by atoms with Gasteiger partial charge in [-0.2, -0.15) is 5.10 Å². The first-order valence-corrected chi connectivity index (χ1v) is 6.01. The van der Waals surface area contributed by atoms with Crippen LogP contribution in [-0.4, -0.2) is 33.7 Å². The molecule has 1 saturated heterocycles. The molecule has 0 spiro atoms. The number of nitrogens with one attached hydrogen (secondary N) is 2. The normalized spacial score (nSPS) is 19.9. The van der Waals surface area contributed by atoms with Crippen molar-refractivity contribution in [2.24, 2.45) is 0 Å². The molecule has 92 valence electrons. The Kier molecular flexibility index (Phi) is 4.37. The third-order valence-electron chi connectivity index (χ3n) is 2.87. The highest BCUT2D eigenvalue weighted by Crippen LogP contribution is 2.11. The Morgan fingerprint density at radius 2 is 2.41 bits per heavy atom. The summed E-state index contributed by atoms with van der Waals surface area (Å²) in [4.78, 5) is 15.5. The van der Waals surface area contributed by atoms with Crippen LogP contribution in [0.15, 0.2) is 12.4 Å². The van der Waals surface area contributed by atoms with Crippen molar-refractivity contribution in [3.8, 4) is 0 Å². The van der Waals surface area contributed by atoms with E-state index in [1.165, 1.54) is 25.2 Å². The number of anilines is 1. The van der Waals surface area contributed by atoms with Crippen LogP contribution in [0.2, 0.25) is 0 Å². The van der Waals surface area contributed by atoms with E-state index in [0.29, 0.717) is 12.5 Å². The predicted molar refractivity (Wildman–Crippen MR) is 63.3 cm³/mol. The SMILES string of the molecule is O=C(CCC1CCCCN1)Nc1nccnn1. The van der Waals surface area contributed by atoms with Crippen LogP contribution in [0.3, 0.4) is 0 Å². The lowest BCUT2D eigenvalue weighted by molar-refractivity contribution is -0.116. The van der Waals surface area contributed by atoms with Gasteiger partial charge in [0.05, 0.1) is 12.4 Å². The minimum Gasteiger partial charge on any atom is -0.314 e. The molecule has 1 unspecified atom stereocenters. The van der Waals surface area contributed by atoms with Gasteiger partial charge in [-0.05, 0) is 25.8 Å². The molecule has 1 aromatic heterocycles. The number of aromatic nitrogens is 3. The molecule has 1 amide bonds. The number of nitrogens with zero attached hydrogens (tertiary/aromatic N) is 3. The lowest BCUT2D eigenvalue weighted by Gasteiger charge is -2.22. The van der Waals surface area contributed by atoms with Crippen LogP contribution in [-0.2, 0) is 4.79 Å². The van der Waals surface area contributed by atoms with E-state index in [4.69, 9.17) is 0 Å². The van der Waals surface area contributed by atoms with Gasteiger partial charge in [0.2, 0.25) is 11.9 Å². The first-order valence-electron chi connectivity index (χ1n) is 6.01. The van der Waals surface area contributed by atoms with E-state index in [2.05, 4.69) is 25.8 Å². The topological polar surface area (TPSA) is 79.8 Å². The Balaban J connectivity index is 1.70. The van der Waals surface area contributed by atoms with Gasteiger partial charge in [-0.15, -0.1) is 5.10 Å². The zero-order valence-corrected chi connectivity index (χ0v) is 9.72. The molecular weight excluding hydrogens is 218 g/mol. The Morgan fingerprint density at radius 3 is 3.12 bits per heavy atom. The molecule has 17 heavy (non-hydrogen) atoms. The third kappa shape index (κ3) is 4.07. The van der Waals surface area contributed by atoms with Gasteiger partial charge in [0, 0.05) is 12.5 Å². The first-order chi connectivity index (χ1) is 8.34. The summed E-state index contributed by atoms with van der Waals surface area (Å²) in [5.41, 5.74) is 0. The molecule has 6 nitrogen and oxygen atoms in total. The maximum Gasteiger partial charge on any atom is 0.249 e. The molecule has 2 N–H and O–H groups in total. The standard InChI is InChI=1S/C11H17N5O/c17-10(15-11-13-7-8-14-16-11)5-4-9-3-1-2-6-12-9/h7-9,12H,1-6H2,(H,13,15,16,17). The van der Waals surface area contributed by atoms with Crippen LogP contribution in [0.5, 0.6) is 0 Å². The molecule has 1 fully saturated rings. The molecule has 0 radical (unpaired) electrons. The molecular formula is C11H17N5O. The van der Waals surface area contributed by atoms with Crippen molar-refractivity contribution >= 4 is 11.9 Å². The van der Waals surface area contributed by atoms with E-state index in [1.54, 1.807) is 0 Å². The Hall–Kier alpha value is -1.56. The van der Waals surface area contributed by atoms with E-state index >= 15 is 0 Å². The molecule has 1 atom stereocenters. The fourth-order valence-corrected chi connectivity index (χ4v) is 1.97. The van der Waals surface area contributed by atoms with Crippen molar-refractivity contribution in [1.82, 2.24) is 20.5 Å². The maximum absolute atomic E-state index is 11.6. The summed E-state index contributed by atoms with van der Waals surface area (Å²) in [5, 5.41) is 13.4. The van der Waals surface area contributed by atoms with E-state index in [0.717, 1.165) is 19.4 Å². The predicted octanol–water partition coefficient (Wildman–Crippen LogP) is 0.732. The van der Waals surface area contributed by atoms with Crippen molar-refractivity contribution in [2.45, 2.75) is 38.1 Å². The third-order valence-corrected chi connectivity index (χ3v) is 2.87. The molecule has 1 aliphatic rings. The second-order valence-corrected chi connectivity index (χ2v) is 4.20. The molecule has 0 aliphatic carbocycles. The largest absolute Gasteiger partial charge is 0.314 e. The van der Waals surface area contributed by atoms with Crippen LogP contribution >= 0.6 is 0 Å². The zero-order chi connectivity index (χ0) is 11.9. The summed E-state index contributed by atoms with van der Waals surface area (Å²) >= 11 is 0. The minimum absolute atomic E-state index is 0.0506. The van der Waals surface area contributed by atoms with Gasteiger partial charge >= 0.3 is 0 Å². The smallest absolute Gasteiger partial charge is 0.249 e. The lowest BCUT2D eigenvalue weighted by Crippen LogP contribution is -2.34. The van der Waals surface area contributed by atoms with Crippen molar-refractivity contribution < 1.29 is 4.79 Å². The summed E-state index contributed by atoms with van der Waals surface area (Å²) in [5.74, 6) is 0.222. The quantitative estimate of drug-likeness (QED) is 0.804. The van der Waals surface area contributed by atoms with Crippen LogP contribution in [0.25, 0.3) is 0 Å². The highest BCUT2D eigenvalue weighted by molar-refractivity contribution is 5.88. The second-order valence-electron chi connectivity index (χ2n) is 4.20. The van der Waals surface area contributed by atoms with Crippen LogP contribution < -0.4 is 10.6 Å². The van der Waals surface area contributed by atoms with Crippen LogP contribution in [0.1, 0.15) is 32.1 Å². The van der Waals surface area contributed by atoms with Gasteiger partial charge < -0.3 is 5.32 Å². The van der Waals surface area contributed by atoms with Gasteiger partial charge in [0.1, 0.15) is 0 Å². The Labute approximate surface area is 100 Å². The summed E-state index contributed by atoms with van der Waals surface area (Å²) in [6.45, 7) is 1.07. The van der Waals surface area contributed by atoms with Crippen LogP contribution in [0, 0.1) is 0 Å². The van der Waals surface area contributed by atoms with Gasteiger partial charge in [-0.1, -0.05) is 6.42 Å². The number of hydrogen-bond acceptors (Lipinski definition) is 5. The Morgan fingerprint density at radius 1 is 1.47 bits per heavy atom. The highest BCUT2D eigenvalue weighted by Gasteiger charge is 2.14. The van der Waals surface area contributed by atoms with E-state index in [1.807, 2.05) is 0 Å². The Bertz CT molecular complexity index is 350. The van der Waals surface area contributed by atoms with Crippen molar-refractivity contribution in [3.63, 3.8) is 0 Å². The van der Waals surface area contributed by atoms with Crippen molar-refractivity contribution in [3.05, 3.63) is 12.4 Å². The van der Waals surface area contributed by atoms with Gasteiger partial charge in [-0.3, -0.25) is 10.1 Å². The second kappa shape index (κ2) is 6.24. The van der Waals surface area contributed by atoms with E-state index in [9.17, 15) is 4.79 Å². The number of carbonyl (C=O) groups excluding carboxylic acids is 1. The molecule has 1 aliphatic heterocycles. The number of hydrogen-bond donors (Lipinski definition) is 2. The van der Waals surface area contributed by atoms with Crippen LogP contribution in [0.4, 0.5) is 5.95 Å². The minimum atomic E-state index is -0.0506.